The molecule has 1 N–H and O–H groups in total. The number of fused-ring (bicyclic) bond motifs is 1. The second-order valence-electron chi connectivity index (χ2n) is 5.53. The first-order chi connectivity index (χ1) is 12.2. The van der Waals surface area contributed by atoms with Gasteiger partial charge in [-0.1, -0.05) is 30.3 Å². The smallest absolute Gasteiger partial charge is 0.358 e. The van der Waals surface area contributed by atoms with Crippen molar-refractivity contribution in [2.75, 3.05) is 7.11 Å². The third-order valence-electron chi connectivity index (χ3n) is 4.05. The van der Waals surface area contributed by atoms with Gasteiger partial charge in [0.05, 0.1) is 24.6 Å². The summed E-state index contributed by atoms with van der Waals surface area (Å²) in [7, 11) is 1.32. The maximum Gasteiger partial charge on any atom is 0.358 e. The molecular formula is C19H14FN3O2. The number of aromatic amines is 1. The number of carbonyl (C=O) groups is 1. The highest BCUT2D eigenvalue weighted by molar-refractivity contribution is 5.94. The Kier molecular flexibility index (Phi) is 3.57. The first-order valence-corrected chi connectivity index (χ1v) is 7.68. The van der Waals surface area contributed by atoms with Crippen LogP contribution >= 0.6 is 0 Å². The summed E-state index contributed by atoms with van der Waals surface area (Å²) in [5, 5.41) is 3.19. The van der Waals surface area contributed by atoms with Gasteiger partial charge in [-0.05, 0) is 29.8 Å². The maximum absolute atomic E-state index is 13.3. The third-order valence-corrected chi connectivity index (χ3v) is 4.05. The number of halogens is 1. The first-order valence-electron chi connectivity index (χ1n) is 7.68. The van der Waals surface area contributed by atoms with Gasteiger partial charge >= 0.3 is 5.97 Å². The third kappa shape index (κ3) is 2.48. The van der Waals surface area contributed by atoms with Gasteiger partial charge in [0.25, 0.3) is 0 Å². The molecule has 0 aliphatic carbocycles. The van der Waals surface area contributed by atoms with E-state index < -0.39 is 5.97 Å². The quantitative estimate of drug-likeness (QED) is 0.577. The molecule has 6 heteroatoms. The van der Waals surface area contributed by atoms with Crippen LogP contribution in [0.15, 0.2) is 60.8 Å². The zero-order valence-corrected chi connectivity index (χ0v) is 13.4. The molecule has 0 bridgehead atoms. The zero-order valence-electron chi connectivity index (χ0n) is 13.4. The van der Waals surface area contributed by atoms with E-state index in [0.717, 1.165) is 22.4 Å². The van der Waals surface area contributed by atoms with Gasteiger partial charge in [-0.2, -0.15) is 0 Å². The number of hydrogen-bond donors (Lipinski definition) is 1. The molecule has 0 aliphatic rings. The maximum atomic E-state index is 13.3. The largest absolute Gasteiger partial charge is 0.464 e. The number of ether oxygens (including phenoxy) is 1. The normalized spacial score (nSPS) is 11.0. The predicted molar refractivity (Wildman–Crippen MR) is 91.7 cm³/mol. The van der Waals surface area contributed by atoms with E-state index >= 15 is 0 Å². The number of nitrogens with one attached hydrogen (secondary N) is 1. The highest BCUT2D eigenvalue weighted by Gasteiger charge is 2.21. The Morgan fingerprint density at radius 3 is 2.48 bits per heavy atom. The summed E-state index contributed by atoms with van der Waals surface area (Å²) in [4.78, 5) is 16.4. The number of esters is 1. The van der Waals surface area contributed by atoms with Crippen LogP contribution in [0.3, 0.4) is 0 Å². The monoisotopic (exact) mass is 335 g/mol. The van der Waals surface area contributed by atoms with Gasteiger partial charge in [-0.3, -0.25) is 5.10 Å². The molecule has 0 unspecified atom stereocenters. The number of hydrogen-bond acceptors (Lipinski definition) is 3. The number of H-pyrrole nitrogens is 1. The van der Waals surface area contributed by atoms with Gasteiger partial charge in [0.15, 0.2) is 11.3 Å². The average molecular weight is 335 g/mol. The molecule has 0 radical (unpaired) electrons. The van der Waals surface area contributed by atoms with Crippen molar-refractivity contribution in [3.63, 3.8) is 0 Å². The fourth-order valence-corrected chi connectivity index (χ4v) is 2.87. The van der Waals surface area contributed by atoms with Crippen molar-refractivity contribution in [2.45, 2.75) is 0 Å². The van der Waals surface area contributed by atoms with E-state index in [1.807, 2.05) is 30.3 Å². The second kappa shape index (κ2) is 5.90. The summed E-state index contributed by atoms with van der Waals surface area (Å²) in [5.74, 6) is -0.796. The Morgan fingerprint density at radius 2 is 1.80 bits per heavy atom. The SMILES string of the molecule is COC(=O)c1cnc2c(-c3ccccc3)c(-c3ccc(F)cc3)[nH]n12. The van der Waals surface area contributed by atoms with Crippen LogP contribution in [0.1, 0.15) is 10.5 Å². The van der Waals surface area contributed by atoms with Crippen molar-refractivity contribution in [1.29, 1.82) is 0 Å². The summed E-state index contributed by atoms with van der Waals surface area (Å²) in [6.07, 6.45) is 1.47. The molecule has 0 spiro atoms. The van der Waals surface area contributed by atoms with E-state index in [9.17, 15) is 9.18 Å². The molecule has 0 aliphatic heterocycles. The molecule has 0 atom stereocenters. The minimum Gasteiger partial charge on any atom is -0.464 e. The number of imidazole rings is 1. The van der Waals surface area contributed by atoms with Crippen LogP contribution in [-0.4, -0.2) is 27.7 Å². The Bertz CT molecular complexity index is 1050. The molecule has 5 nitrogen and oxygen atoms in total. The standard InChI is InChI=1S/C19H14FN3O2/c1-25-19(24)15-11-21-18-16(12-5-3-2-4-6-12)17(22-23(15)18)13-7-9-14(20)10-8-13/h2-11,22H,1H3. The molecular weight excluding hydrogens is 321 g/mol. The Hall–Kier alpha value is -3.41. The lowest BCUT2D eigenvalue weighted by Crippen LogP contribution is -2.05. The Morgan fingerprint density at radius 1 is 1.08 bits per heavy atom. The molecule has 4 rings (SSSR count). The van der Waals surface area contributed by atoms with E-state index in [0.29, 0.717) is 11.3 Å². The topological polar surface area (TPSA) is 59.4 Å². The zero-order chi connectivity index (χ0) is 17.4. The van der Waals surface area contributed by atoms with Gasteiger partial charge in [-0.25, -0.2) is 18.7 Å². The summed E-state index contributed by atoms with van der Waals surface area (Å²) in [6, 6.07) is 15.9. The molecule has 0 amide bonds. The summed E-state index contributed by atoms with van der Waals surface area (Å²) in [6.45, 7) is 0. The fraction of sp³-hybridized carbons (Fsp3) is 0.0526. The Labute approximate surface area is 142 Å². The summed E-state index contributed by atoms with van der Waals surface area (Å²) in [5.41, 5.74) is 4.22. The van der Waals surface area contributed by atoms with Gasteiger partial charge in [0, 0.05) is 5.56 Å². The molecule has 2 heterocycles. The molecule has 0 saturated heterocycles. The molecule has 4 aromatic rings. The van der Waals surface area contributed by atoms with Crippen LogP contribution in [0.25, 0.3) is 28.0 Å². The van der Waals surface area contributed by atoms with Crippen molar-refractivity contribution in [3.05, 3.63) is 72.3 Å². The molecule has 2 aromatic carbocycles. The lowest BCUT2D eigenvalue weighted by atomic mass is 10.0. The van der Waals surface area contributed by atoms with Crippen molar-refractivity contribution >= 4 is 11.6 Å². The lowest BCUT2D eigenvalue weighted by molar-refractivity contribution is 0.0591. The van der Waals surface area contributed by atoms with Crippen LogP contribution < -0.4 is 0 Å². The number of rotatable bonds is 3. The molecule has 25 heavy (non-hydrogen) atoms. The highest BCUT2D eigenvalue weighted by atomic mass is 19.1. The van der Waals surface area contributed by atoms with Crippen LogP contribution in [0.2, 0.25) is 0 Å². The van der Waals surface area contributed by atoms with Crippen LogP contribution in [0.4, 0.5) is 4.39 Å². The number of nitrogens with zero attached hydrogens (tertiary/aromatic N) is 2. The van der Waals surface area contributed by atoms with Gasteiger partial charge in [0.2, 0.25) is 0 Å². The highest BCUT2D eigenvalue weighted by Crippen LogP contribution is 2.35. The Balaban J connectivity index is 2.02. The van der Waals surface area contributed by atoms with E-state index in [4.69, 9.17) is 4.74 Å². The van der Waals surface area contributed by atoms with Gasteiger partial charge in [-0.15, -0.1) is 0 Å². The number of benzene rings is 2. The molecule has 0 fully saturated rings. The van der Waals surface area contributed by atoms with Crippen molar-refractivity contribution in [2.24, 2.45) is 0 Å². The van der Waals surface area contributed by atoms with Crippen LogP contribution in [-0.2, 0) is 4.74 Å². The van der Waals surface area contributed by atoms with E-state index in [1.54, 1.807) is 16.6 Å². The van der Waals surface area contributed by atoms with Crippen molar-refractivity contribution < 1.29 is 13.9 Å². The van der Waals surface area contributed by atoms with Crippen LogP contribution in [0.5, 0.6) is 0 Å². The van der Waals surface area contributed by atoms with E-state index in [-0.39, 0.29) is 5.82 Å². The van der Waals surface area contributed by atoms with E-state index in [1.165, 1.54) is 25.4 Å². The second-order valence-corrected chi connectivity index (χ2v) is 5.53. The summed E-state index contributed by atoms with van der Waals surface area (Å²) < 4.78 is 19.7. The number of aromatic nitrogens is 3. The number of carbonyl (C=O) groups excluding carboxylic acids is 1. The summed E-state index contributed by atoms with van der Waals surface area (Å²) >= 11 is 0. The lowest BCUT2D eigenvalue weighted by Gasteiger charge is -2.04. The minimum atomic E-state index is -0.487. The molecule has 0 saturated carbocycles. The molecule has 2 aromatic heterocycles. The fourth-order valence-electron chi connectivity index (χ4n) is 2.87. The average Bonchev–Trinajstić information content (AvgIpc) is 3.21. The van der Waals surface area contributed by atoms with Crippen molar-refractivity contribution in [3.8, 4) is 22.4 Å². The van der Waals surface area contributed by atoms with Gasteiger partial charge in [0.1, 0.15) is 5.82 Å². The predicted octanol–water partition coefficient (Wildman–Crippen LogP) is 3.92. The van der Waals surface area contributed by atoms with Gasteiger partial charge < -0.3 is 4.74 Å². The molecule has 124 valence electrons. The number of methoxy groups -OCH3 is 1. The van der Waals surface area contributed by atoms with Crippen LogP contribution in [0, 0.1) is 5.82 Å². The first kappa shape index (κ1) is 15.1. The van der Waals surface area contributed by atoms with Crippen molar-refractivity contribution in [1.82, 2.24) is 14.6 Å². The minimum absolute atomic E-state index is 0.294. The van der Waals surface area contributed by atoms with E-state index in [2.05, 4.69) is 10.1 Å².